The van der Waals surface area contributed by atoms with E-state index in [9.17, 15) is 0 Å². The number of aryl methyl sites for hydroxylation is 2. The first-order valence-electron chi connectivity index (χ1n) is 7.60. The van der Waals surface area contributed by atoms with Gasteiger partial charge in [-0.25, -0.2) is 4.99 Å². The molecular formula is C16H21N5O2. The summed E-state index contributed by atoms with van der Waals surface area (Å²) < 4.78 is 11.3. The van der Waals surface area contributed by atoms with Gasteiger partial charge in [-0.2, -0.15) is 5.10 Å². The number of guanidine groups is 1. The van der Waals surface area contributed by atoms with Crippen LogP contribution in [-0.2, 0) is 6.54 Å². The average molecular weight is 315 g/mol. The van der Waals surface area contributed by atoms with E-state index in [4.69, 9.17) is 15.2 Å². The quantitative estimate of drug-likeness (QED) is 0.595. The third-order valence-electron chi connectivity index (χ3n) is 3.71. The molecule has 0 amide bonds. The summed E-state index contributed by atoms with van der Waals surface area (Å²) in [6, 6.07) is 5.64. The first-order chi connectivity index (χ1) is 11.1. The van der Waals surface area contributed by atoms with Gasteiger partial charge >= 0.3 is 0 Å². The molecule has 0 saturated heterocycles. The molecule has 1 aliphatic rings. The van der Waals surface area contributed by atoms with E-state index in [2.05, 4.69) is 20.5 Å². The van der Waals surface area contributed by atoms with Crippen molar-refractivity contribution in [1.29, 1.82) is 0 Å². The molecule has 0 fully saturated rings. The van der Waals surface area contributed by atoms with E-state index in [1.54, 1.807) is 0 Å². The molecule has 2 aromatic rings. The molecule has 1 aliphatic heterocycles. The van der Waals surface area contributed by atoms with Crippen LogP contribution in [0.1, 0.15) is 23.4 Å². The van der Waals surface area contributed by atoms with Crippen molar-refractivity contribution in [3.05, 3.63) is 35.2 Å². The second-order valence-electron chi connectivity index (χ2n) is 5.45. The van der Waals surface area contributed by atoms with Crippen LogP contribution in [0.5, 0.6) is 11.5 Å². The fourth-order valence-corrected chi connectivity index (χ4v) is 2.40. The largest absolute Gasteiger partial charge is 0.490 e. The molecule has 7 nitrogen and oxygen atoms in total. The van der Waals surface area contributed by atoms with Crippen molar-refractivity contribution in [3.8, 4) is 11.5 Å². The van der Waals surface area contributed by atoms with Crippen LogP contribution in [-0.4, -0.2) is 29.4 Å². The molecule has 2 heterocycles. The van der Waals surface area contributed by atoms with E-state index in [1.165, 1.54) is 0 Å². The molecule has 3 rings (SSSR count). The van der Waals surface area contributed by atoms with Gasteiger partial charge in [-0.15, -0.1) is 0 Å². The summed E-state index contributed by atoms with van der Waals surface area (Å²) >= 11 is 0. The lowest BCUT2D eigenvalue weighted by molar-refractivity contribution is 0.297. The smallest absolute Gasteiger partial charge is 0.193 e. The summed E-state index contributed by atoms with van der Waals surface area (Å²) in [6.07, 6.45) is 0.879. The molecule has 0 spiro atoms. The molecule has 0 unspecified atom stereocenters. The van der Waals surface area contributed by atoms with Crippen LogP contribution in [0.15, 0.2) is 23.2 Å². The summed E-state index contributed by atoms with van der Waals surface area (Å²) in [5.74, 6) is 1.83. The topological polar surface area (TPSA) is 97.6 Å². The summed E-state index contributed by atoms with van der Waals surface area (Å²) in [6.45, 7) is 5.73. The molecule has 0 radical (unpaired) electrons. The zero-order chi connectivity index (χ0) is 16.2. The average Bonchev–Trinajstić information content (AvgIpc) is 2.74. The van der Waals surface area contributed by atoms with Gasteiger partial charge in [-0.3, -0.25) is 5.10 Å². The number of fused-ring (bicyclic) bond motifs is 1. The highest BCUT2D eigenvalue weighted by Crippen LogP contribution is 2.32. The van der Waals surface area contributed by atoms with E-state index >= 15 is 0 Å². The number of nitrogens with one attached hydrogen (secondary N) is 2. The molecule has 0 saturated carbocycles. The van der Waals surface area contributed by atoms with Crippen LogP contribution in [0.25, 0.3) is 0 Å². The minimum atomic E-state index is 0.347. The van der Waals surface area contributed by atoms with Crippen LogP contribution in [0, 0.1) is 13.8 Å². The van der Waals surface area contributed by atoms with Crippen molar-refractivity contribution in [3.63, 3.8) is 0 Å². The zero-order valence-electron chi connectivity index (χ0n) is 13.3. The van der Waals surface area contributed by atoms with Gasteiger partial charge in [0.05, 0.1) is 25.5 Å². The number of benzene rings is 1. The molecule has 0 atom stereocenters. The number of ether oxygens (including phenoxy) is 2. The molecular weight excluding hydrogens is 294 g/mol. The lowest BCUT2D eigenvalue weighted by Gasteiger charge is -2.10. The van der Waals surface area contributed by atoms with Crippen LogP contribution in [0.3, 0.4) is 0 Å². The number of nitrogens with zero attached hydrogens (tertiary/aromatic N) is 2. The third-order valence-corrected chi connectivity index (χ3v) is 3.71. The minimum Gasteiger partial charge on any atom is -0.490 e. The number of aliphatic imine (C=N–C) groups is 1. The van der Waals surface area contributed by atoms with Crippen LogP contribution in [0.2, 0.25) is 0 Å². The molecule has 7 heteroatoms. The number of H-pyrrole nitrogens is 1. The highest BCUT2D eigenvalue weighted by atomic mass is 16.5. The van der Waals surface area contributed by atoms with Gasteiger partial charge in [0.1, 0.15) is 0 Å². The van der Waals surface area contributed by atoms with Crippen molar-refractivity contribution in [2.75, 3.05) is 18.5 Å². The van der Waals surface area contributed by atoms with Gasteiger partial charge < -0.3 is 20.5 Å². The standard InChI is InChI=1S/C16H21N5O2/c1-10-13(11(2)21-20-10)9-18-16(17)19-12-4-5-14-15(8-12)23-7-3-6-22-14/h4-5,8H,3,6-7,9H2,1-2H3,(H,20,21)(H3,17,18,19). The van der Waals surface area contributed by atoms with Crippen molar-refractivity contribution < 1.29 is 9.47 Å². The first kappa shape index (κ1) is 15.2. The summed E-state index contributed by atoms with van der Waals surface area (Å²) in [5, 5.41) is 10.2. The second kappa shape index (κ2) is 6.60. The van der Waals surface area contributed by atoms with Gasteiger partial charge in [-0.05, 0) is 26.0 Å². The number of aromatic amines is 1. The van der Waals surface area contributed by atoms with Gasteiger partial charge in [0, 0.05) is 29.4 Å². The fourth-order valence-electron chi connectivity index (χ4n) is 2.40. The van der Waals surface area contributed by atoms with Crippen molar-refractivity contribution in [2.24, 2.45) is 10.7 Å². The predicted molar refractivity (Wildman–Crippen MR) is 89.1 cm³/mol. The first-order valence-corrected chi connectivity index (χ1v) is 7.60. The number of rotatable bonds is 3. The number of aromatic nitrogens is 2. The fraction of sp³-hybridized carbons (Fsp3) is 0.375. The summed E-state index contributed by atoms with van der Waals surface area (Å²) in [4.78, 5) is 4.37. The molecule has 23 heavy (non-hydrogen) atoms. The van der Waals surface area contributed by atoms with E-state index < -0.39 is 0 Å². The van der Waals surface area contributed by atoms with Gasteiger partial charge in [0.25, 0.3) is 0 Å². The maximum absolute atomic E-state index is 5.97. The van der Waals surface area contributed by atoms with E-state index in [0.717, 1.165) is 40.6 Å². The monoisotopic (exact) mass is 315 g/mol. The van der Waals surface area contributed by atoms with Crippen LogP contribution < -0.4 is 20.5 Å². The normalized spacial score (nSPS) is 14.4. The number of anilines is 1. The van der Waals surface area contributed by atoms with E-state index in [1.807, 2.05) is 32.0 Å². The Labute approximate surface area is 134 Å². The molecule has 1 aromatic carbocycles. The van der Waals surface area contributed by atoms with Gasteiger partial charge in [0.2, 0.25) is 0 Å². The summed E-state index contributed by atoms with van der Waals surface area (Å²) in [5.41, 5.74) is 9.79. The van der Waals surface area contributed by atoms with Gasteiger partial charge in [0.15, 0.2) is 17.5 Å². The van der Waals surface area contributed by atoms with Crippen LogP contribution in [0.4, 0.5) is 5.69 Å². The lowest BCUT2D eigenvalue weighted by Crippen LogP contribution is -2.22. The third kappa shape index (κ3) is 3.56. The maximum atomic E-state index is 5.97. The molecule has 1 aromatic heterocycles. The Morgan fingerprint density at radius 1 is 1.30 bits per heavy atom. The molecule has 122 valence electrons. The Kier molecular flexibility index (Phi) is 4.36. The maximum Gasteiger partial charge on any atom is 0.193 e. The van der Waals surface area contributed by atoms with Crippen LogP contribution >= 0.6 is 0 Å². The SMILES string of the molecule is Cc1n[nH]c(C)c1CN=C(N)Nc1ccc2c(c1)OCCCO2. The predicted octanol–water partition coefficient (Wildman–Crippen LogP) is 2.11. The number of hydrogen-bond donors (Lipinski definition) is 3. The Morgan fingerprint density at radius 2 is 2.09 bits per heavy atom. The Balaban J connectivity index is 1.69. The second-order valence-corrected chi connectivity index (χ2v) is 5.45. The molecule has 0 bridgehead atoms. The highest BCUT2D eigenvalue weighted by Gasteiger charge is 2.11. The highest BCUT2D eigenvalue weighted by molar-refractivity contribution is 5.92. The minimum absolute atomic E-state index is 0.347. The molecule has 0 aliphatic carbocycles. The number of nitrogens with two attached hydrogens (primary N) is 1. The van der Waals surface area contributed by atoms with Crippen molar-refractivity contribution >= 4 is 11.6 Å². The lowest BCUT2D eigenvalue weighted by atomic mass is 10.2. The van der Waals surface area contributed by atoms with E-state index in [-0.39, 0.29) is 0 Å². The Hall–Kier alpha value is -2.70. The number of hydrogen-bond acceptors (Lipinski definition) is 4. The Morgan fingerprint density at radius 3 is 2.83 bits per heavy atom. The zero-order valence-corrected chi connectivity index (χ0v) is 13.3. The van der Waals surface area contributed by atoms with E-state index in [0.29, 0.717) is 25.7 Å². The van der Waals surface area contributed by atoms with Crippen molar-refractivity contribution in [2.45, 2.75) is 26.8 Å². The molecule has 4 N–H and O–H groups in total. The van der Waals surface area contributed by atoms with Crippen molar-refractivity contribution in [1.82, 2.24) is 10.2 Å². The van der Waals surface area contributed by atoms with Gasteiger partial charge in [-0.1, -0.05) is 0 Å². The summed E-state index contributed by atoms with van der Waals surface area (Å²) in [7, 11) is 0. The Bertz CT molecular complexity index is 704.